The van der Waals surface area contributed by atoms with Gasteiger partial charge in [0.05, 0.1) is 35.7 Å². The fourth-order valence-corrected chi connectivity index (χ4v) is 4.05. The van der Waals surface area contributed by atoms with Gasteiger partial charge in [0.15, 0.2) is 0 Å². The van der Waals surface area contributed by atoms with Crippen molar-refractivity contribution in [3.05, 3.63) is 48.4 Å². The quantitative estimate of drug-likeness (QED) is 0.500. The predicted octanol–water partition coefficient (Wildman–Crippen LogP) is 3.34. The SMILES string of the molecule is Cn1cc(-c2n[nH]c3cnc(-c4c(F)cc(NC(=O)CN5CCCC5)cc4F)cc23)cn1. The molecule has 0 radical (unpaired) electrons. The smallest absolute Gasteiger partial charge is 0.238 e. The number of hydrogen-bond acceptors (Lipinski definition) is 5. The summed E-state index contributed by atoms with van der Waals surface area (Å²) < 4.78 is 31.5. The van der Waals surface area contributed by atoms with E-state index in [2.05, 4.69) is 25.6 Å². The number of pyridine rings is 1. The topological polar surface area (TPSA) is 91.7 Å². The Morgan fingerprint density at radius 1 is 1.16 bits per heavy atom. The second kappa shape index (κ2) is 8.12. The van der Waals surface area contributed by atoms with Gasteiger partial charge in [0.25, 0.3) is 0 Å². The van der Waals surface area contributed by atoms with Crippen molar-refractivity contribution >= 4 is 22.5 Å². The number of nitrogens with zero attached hydrogens (tertiary/aromatic N) is 5. The van der Waals surface area contributed by atoms with Crippen molar-refractivity contribution in [2.45, 2.75) is 12.8 Å². The maximum Gasteiger partial charge on any atom is 0.238 e. The summed E-state index contributed by atoms with van der Waals surface area (Å²) in [6.45, 7) is 1.93. The summed E-state index contributed by atoms with van der Waals surface area (Å²) in [5.41, 5.74) is 1.97. The zero-order valence-corrected chi connectivity index (χ0v) is 17.4. The van der Waals surface area contributed by atoms with Crippen molar-refractivity contribution in [3.8, 4) is 22.5 Å². The first-order chi connectivity index (χ1) is 15.5. The fraction of sp³-hybridized carbons (Fsp3) is 0.273. The van der Waals surface area contributed by atoms with Gasteiger partial charge in [0.1, 0.15) is 17.3 Å². The Kier molecular flexibility index (Phi) is 5.14. The van der Waals surface area contributed by atoms with Gasteiger partial charge in [0.2, 0.25) is 5.91 Å². The number of carbonyl (C=O) groups excluding carboxylic acids is 1. The molecule has 8 nitrogen and oxygen atoms in total. The van der Waals surface area contributed by atoms with E-state index in [1.165, 1.54) is 6.20 Å². The Bertz CT molecular complexity index is 1280. The van der Waals surface area contributed by atoms with Gasteiger partial charge in [0, 0.05) is 29.9 Å². The van der Waals surface area contributed by atoms with E-state index < -0.39 is 11.6 Å². The van der Waals surface area contributed by atoms with Crippen LogP contribution in [-0.4, -0.2) is 55.4 Å². The maximum absolute atomic E-state index is 14.9. The van der Waals surface area contributed by atoms with Crippen molar-refractivity contribution in [2.75, 3.05) is 25.0 Å². The molecule has 164 valence electrons. The Morgan fingerprint density at radius 2 is 1.91 bits per heavy atom. The highest BCUT2D eigenvalue weighted by atomic mass is 19.1. The number of rotatable bonds is 5. The van der Waals surface area contributed by atoms with E-state index >= 15 is 0 Å². The summed E-state index contributed by atoms with van der Waals surface area (Å²) in [6, 6.07) is 3.82. The second-order valence-corrected chi connectivity index (χ2v) is 7.94. The van der Waals surface area contributed by atoms with Crippen molar-refractivity contribution < 1.29 is 13.6 Å². The molecule has 0 unspecified atom stereocenters. The number of amides is 1. The molecule has 1 saturated heterocycles. The van der Waals surface area contributed by atoms with Gasteiger partial charge >= 0.3 is 0 Å². The van der Waals surface area contributed by atoms with Gasteiger partial charge in [-0.25, -0.2) is 8.78 Å². The molecule has 4 aromatic rings. The molecule has 32 heavy (non-hydrogen) atoms. The van der Waals surface area contributed by atoms with Gasteiger partial charge in [-0.05, 0) is 44.1 Å². The van der Waals surface area contributed by atoms with Crippen LogP contribution in [0.15, 0.2) is 36.8 Å². The number of H-pyrrole nitrogens is 1. The first-order valence-corrected chi connectivity index (χ1v) is 10.3. The van der Waals surface area contributed by atoms with Crippen LogP contribution in [0, 0.1) is 11.6 Å². The Labute approximate surface area is 182 Å². The standard InChI is InChI=1S/C22H21F2N7O/c1-30-11-13(9-26-30)22-15-8-18(25-10-19(15)28-29-22)21-16(23)6-14(7-17(21)24)27-20(32)12-31-4-2-3-5-31/h6-11H,2-5,12H2,1H3,(H,27,32)(H,28,29). The molecule has 1 fully saturated rings. The number of aryl methyl sites for hydroxylation is 1. The van der Waals surface area contributed by atoms with Crippen LogP contribution in [-0.2, 0) is 11.8 Å². The van der Waals surface area contributed by atoms with Gasteiger partial charge in [-0.2, -0.15) is 10.2 Å². The molecular formula is C22H21F2N7O. The first-order valence-electron chi connectivity index (χ1n) is 10.3. The van der Waals surface area contributed by atoms with Crippen LogP contribution < -0.4 is 5.32 Å². The minimum Gasteiger partial charge on any atom is -0.325 e. The van der Waals surface area contributed by atoms with Crippen molar-refractivity contribution in [3.63, 3.8) is 0 Å². The van der Waals surface area contributed by atoms with Crippen LogP contribution in [0.25, 0.3) is 33.4 Å². The van der Waals surface area contributed by atoms with Crippen LogP contribution in [0.3, 0.4) is 0 Å². The van der Waals surface area contributed by atoms with Gasteiger partial charge in [-0.1, -0.05) is 0 Å². The highest BCUT2D eigenvalue weighted by molar-refractivity contribution is 5.95. The largest absolute Gasteiger partial charge is 0.325 e. The molecule has 0 aliphatic carbocycles. The summed E-state index contributed by atoms with van der Waals surface area (Å²) in [6.07, 6.45) is 7.07. The Morgan fingerprint density at radius 3 is 2.59 bits per heavy atom. The lowest BCUT2D eigenvalue weighted by atomic mass is 10.1. The normalized spacial score (nSPS) is 14.3. The number of halogens is 2. The average molecular weight is 437 g/mol. The molecule has 1 aliphatic heterocycles. The van der Waals surface area contributed by atoms with Crippen LogP contribution >= 0.6 is 0 Å². The van der Waals surface area contributed by atoms with Crippen molar-refractivity contribution in [1.82, 2.24) is 29.9 Å². The summed E-state index contributed by atoms with van der Waals surface area (Å²) in [7, 11) is 1.79. The van der Waals surface area contributed by atoms with E-state index in [0.29, 0.717) is 16.6 Å². The third-order valence-corrected chi connectivity index (χ3v) is 5.57. The number of aromatic amines is 1. The Balaban J connectivity index is 1.44. The average Bonchev–Trinajstić information content (AvgIpc) is 3.48. The first kappa shape index (κ1) is 20.3. The van der Waals surface area contributed by atoms with Crippen LogP contribution in [0.5, 0.6) is 0 Å². The molecule has 0 atom stereocenters. The molecule has 1 aliphatic rings. The summed E-state index contributed by atoms with van der Waals surface area (Å²) >= 11 is 0. The number of anilines is 1. The minimum atomic E-state index is -0.806. The number of benzene rings is 1. The molecule has 2 N–H and O–H groups in total. The van der Waals surface area contributed by atoms with Crippen LogP contribution in [0.2, 0.25) is 0 Å². The zero-order valence-electron chi connectivity index (χ0n) is 17.4. The fourth-order valence-electron chi connectivity index (χ4n) is 4.05. The lowest BCUT2D eigenvalue weighted by molar-refractivity contribution is -0.117. The highest BCUT2D eigenvalue weighted by Gasteiger charge is 2.20. The maximum atomic E-state index is 14.9. The van der Waals surface area contributed by atoms with E-state index in [4.69, 9.17) is 0 Å². The van der Waals surface area contributed by atoms with Crippen molar-refractivity contribution in [2.24, 2.45) is 7.05 Å². The third kappa shape index (κ3) is 3.84. The summed E-state index contributed by atoms with van der Waals surface area (Å²) in [4.78, 5) is 18.4. The number of carbonyl (C=O) groups is 1. The second-order valence-electron chi connectivity index (χ2n) is 7.94. The molecule has 1 amide bonds. The number of hydrogen-bond donors (Lipinski definition) is 2. The number of fused-ring (bicyclic) bond motifs is 1. The lowest BCUT2D eigenvalue weighted by Crippen LogP contribution is -2.30. The lowest BCUT2D eigenvalue weighted by Gasteiger charge is -2.14. The molecule has 0 spiro atoms. The summed E-state index contributed by atoms with van der Waals surface area (Å²) in [5.74, 6) is -1.91. The van der Waals surface area contributed by atoms with E-state index in [-0.39, 0.29) is 29.4 Å². The summed E-state index contributed by atoms with van der Waals surface area (Å²) in [5, 5.41) is 14.6. The molecule has 3 aromatic heterocycles. The van der Waals surface area contributed by atoms with E-state index in [0.717, 1.165) is 43.6 Å². The third-order valence-electron chi connectivity index (χ3n) is 5.57. The van der Waals surface area contributed by atoms with Gasteiger partial charge < -0.3 is 5.32 Å². The predicted molar refractivity (Wildman–Crippen MR) is 116 cm³/mol. The van der Waals surface area contributed by atoms with Gasteiger partial charge in [-0.3, -0.25) is 24.5 Å². The molecule has 1 aromatic carbocycles. The van der Waals surface area contributed by atoms with Crippen LogP contribution in [0.1, 0.15) is 12.8 Å². The molecule has 4 heterocycles. The molecule has 0 saturated carbocycles. The van der Waals surface area contributed by atoms with Gasteiger partial charge in [-0.15, -0.1) is 0 Å². The molecule has 5 rings (SSSR count). The Hall–Kier alpha value is -3.66. The zero-order chi connectivity index (χ0) is 22.2. The minimum absolute atomic E-state index is 0.0772. The molecular weight excluding hydrogens is 416 g/mol. The molecule has 10 heteroatoms. The van der Waals surface area contributed by atoms with Crippen LogP contribution in [0.4, 0.5) is 14.5 Å². The number of aromatic nitrogens is 5. The monoisotopic (exact) mass is 437 g/mol. The highest BCUT2D eigenvalue weighted by Crippen LogP contribution is 2.32. The van der Waals surface area contributed by atoms with E-state index in [9.17, 15) is 13.6 Å². The van der Waals surface area contributed by atoms with Crippen molar-refractivity contribution in [1.29, 1.82) is 0 Å². The van der Waals surface area contributed by atoms with E-state index in [1.54, 1.807) is 30.2 Å². The number of nitrogens with one attached hydrogen (secondary N) is 2. The van der Waals surface area contributed by atoms with E-state index in [1.807, 2.05) is 4.90 Å². The molecule has 0 bridgehead atoms. The number of likely N-dealkylation sites (tertiary alicyclic amines) is 1.